The van der Waals surface area contributed by atoms with E-state index in [1.165, 1.54) is 21.3 Å². The molecule has 1 aromatic heterocycles. The zero-order chi connectivity index (χ0) is 22.2. The Labute approximate surface area is 183 Å². The molecule has 0 spiro atoms. The predicted molar refractivity (Wildman–Crippen MR) is 113 cm³/mol. The summed E-state index contributed by atoms with van der Waals surface area (Å²) in [6.07, 6.45) is 0.128. The minimum Gasteiger partial charge on any atom is -0.493 e. The number of nitrogens with one attached hydrogen (secondary N) is 1. The highest BCUT2D eigenvalue weighted by atomic mass is 32.2. The van der Waals surface area contributed by atoms with E-state index < -0.39 is 5.91 Å². The monoisotopic (exact) mass is 443 g/mol. The van der Waals surface area contributed by atoms with E-state index in [0.717, 1.165) is 17.3 Å². The second kappa shape index (κ2) is 10.5. The van der Waals surface area contributed by atoms with Gasteiger partial charge in [0.25, 0.3) is 5.22 Å². The number of benzene rings is 2. The molecule has 9 nitrogen and oxygen atoms in total. The van der Waals surface area contributed by atoms with Crippen molar-refractivity contribution in [1.29, 1.82) is 0 Å². The first-order chi connectivity index (χ1) is 15.0. The lowest BCUT2D eigenvalue weighted by atomic mass is 10.1. The Morgan fingerprint density at radius 2 is 1.65 bits per heavy atom. The fourth-order valence-corrected chi connectivity index (χ4v) is 3.30. The Hall–Kier alpha value is -3.53. The molecule has 0 radical (unpaired) electrons. The average Bonchev–Trinajstić information content (AvgIpc) is 3.26. The summed E-state index contributed by atoms with van der Waals surface area (Å²) >= 11 is 1.03. The highest BCUT2D eigenvalue weighted by molar-refractivity contribution is 7.99. The van der Waals surface area contributed by atoms with Crippen molar-refractivity contribution < 1.29 is 28.2 Å². The molecule has 0 aliphatic carbocycles. The highest BCUT2D eigenvalue weighted by Crippen LogP contribution is 2.41. The van der Waals surface area contributed by atoms with Crippen LogP contribution in [0.25, 0.3) is 11.5 Å². The Kier molecular flexibility index (Phi) is 7.50. The van der Waals surface area contributed by atoms with Crippen LogP contribution in [0.4, 0.5) is 0 Å². The summed E-state index contributed by atoms with van der Waals surface area (Å²) < 4.78 is 21.6. The van der Waals surface area contributed by atoms with Crippen molar-refractivity contribution in [2.24, 2.45) is 0 Å². The number of carbonyl (C=O) groups is 2. The first kappa shape index (κ1) is 22.2. The topological polar surface area (TPSA) is 113 Å². The van der Waals surface area contributed by atoms with Crippen LogP contribution in [0.15, 0.2) is 52.1 Å². The predicted octanol–water partition coefficient (Wildman–Crippen LogP) is 2.74. The molecule has 31 heavy (non-hydrogen) atoms. The lowest BCUT2D eigenvalue weighted by Gasteiger charge is -2.12. The summed E-state index contributed by atoms with van der Waals surface area (Å²) in [7, 11) is 4.53. The summed E-state index contributed by atoms with van der Waals surface area (Å²) in [6, 6.07) is 12.5. The van der Waals surface area contributed by atoms with Crippen molar-refractivity contribution in [3.63, 3.8) is 0 Å². The number of aromatic nitrogens is 2. The number of rotatable bonds is 9. The van der Waals surface area contributed by atoms with Gasteiger partial charge < -0.3 is 18.6 Å². The molecule has 3 aromatic rings. The third-order valence-corrected chi connectivity index (χ3v) is 4.95. The van der Waals surface area contributed by atoms with E-state index in [2.05, 4.69) is 15.5 Å². The number of amides is 2. The van der Waals surface area contributed by atoms with Crippen LogP contribution >= 0.6 is 11.8 Å². The van der Waals surface area contributed by atoms with E-state index in [1.54, 1.807) is 12.1 Å². The van der Waals surface area contributed by atoms with Gasteiger partial charge >= 0.3 is 0 Å². The summed E-state index contributed by atoms with van der Waals surface area (Å²) in [5.74, 6) is 0.694. The van der Waals surface area contributed by atoms with Gasteiger partial charge in [-0.2, -0.15) is 0 Å². The van der Waals surface area contributed by atoms with E-state index >= 15 is 0 Å². The standard InChI is InChI=1S/C21H21N3O6S/c1-27-15-10-14(11-16(28-2)19(15)29-3)20-23-24-21(30-20)31-12-18(26)22-17(25)9-13-7-5-4-6-8-13/h4-8,10-11H,9,12H2,1-3H3,(H,22,25,26). The van der Waals surface area contributed by atoms with Crippen LogP contribution in [0.2, 0.25) is 0 Å². The van der Waals surface area contributed by atoms with E-state index in [0.29, 0.717) is 22.8 Å². The maximum atomic E-state index is 12.0. The Morgan fingerprint density at radius 1 is 0.968 bits per heavy atom. The average molecular weight is 443 g/mol. The van der Waals surface area contributed by atoms with Crippen LogP contribution in [-0.4, -0.2) is 49.1 Å². The first-order valence-electron chi connectivity index (χ1n) is 9.17. The van der Waals surface area contributed by atoms with Crippen molar-refractivity contribution in [3.8, 4) is 28.7 Å². The molecular formula is C21H21N3O6S. The summed E-state index contributed by atoms with van der Waals surface area (Å²) in [5, 5.41) is 10.5. The van der Waals surface area contributed by atoms with Crippen LogP contribution in [-0.2, 0) is 16.0 Å². The second-order valence-corrected chi connectivity index (χ2v) is 7.14. The van der Waals surface area contributed by atoms with Crippen molar-refractivity contribution in [2.45, 2.75) is 11.6 Å². The second-order valence-electron chi connectivity index (χ2n) is 6.21. The normalized spacial score (nSPS) is 10.4. The molecule has 0 atom stereocenters. The number of ether oxygens (including phenoxy) is 3. The van der Waals surface area contributed by atoms with Crippen molar-refractivity contribution in [3.05, 3.63) is 48.0 Å². The smallest absolute Gasteiger partial charge is 0.277 e. The number of methoxy groups -OCH3 is 3. The van der Waals surface area contributed by atoms with Gasteiger partial charge in [-0.1, -0.05) is 42.1 Å². The van der Waals surface area contributed by atoms with Gasteiger partial charge in [-0.15, -0.1) is 10.2 Å². The van der Waals surface area contributed by atoms with Gasteiger partial charge in [0.05, 0.1) is 33.5 Å². The van der Waals surface area contributed by atoms with Gasteiger partial charge in [0.15, 0.2) is 11.5 Å². The van der Waals surface area contributed by atoms with Crippen LogP contribution in [0.1, 0.15) is 5.56 Å². The summed E-state index contributed by atoms with van der Waals surface area (Å²) in [5.41, 5.74) is 1.39. The zero-order valence-corrected chi connectivity index (χ0v) is 18.0. The third-order valence-electron chi connectivity index (χ3n) is 4.13. The molecule has 0 aliphatic heterocycles. The number of thioether (sulfide) groups is 1. The lowest BCUT2D eigenvalue weighted by molar-refractivity contribution is -0.128. The van der Waals surface area contributed by atoms with Gasteiger partial charge in [0, 0.05) is 5.56 Å². The Balaban J connectivity index is 1.60. The summed E-state index contributed by atoms with van der Waals surface area (Å²) in [6.45, 7) is 0. The molecule has 0 bridgehead atoms. The fraction of sp³-hybridized carbons (Fsp3) is 0.238. The molecule has 0 unspecified atom stereocenters. The first-order valence-corrected chi connectivity index (χ1v) is 10.2. The maximum absolute atomic E-state index is 12.0. The van der Waals surface area contributed by atoms with Gasteiger partial charge in [-0.25, -0.2) is 0 Å². The number of hydrogen-bond donors (Lipinski definition) is 1. The Morgan fingerprint density at radius 3 is 2.26 bits per heavy atom. The van der Waals surface area contributed by atoms with Gasteiger partial charge in [0.1, 0.15) is 0 Å². The van der Waals surface area contributed by atoms with Crippen LogP contribution in [0, 0.1) is 0 Å². The molecule has 0 saturated heterocycles. The molecule has 0 fully saturated rings. The van der Waals surface area contributed by atoms with Crippen molar-refractivity contribution >= 4 is 23.6 Å². The van der Waals surface area contributed by atoms with E-state index in [4.69, 9.17) is 18.6 Å². The number of nitrogens with zero attached hydrogens (tertiary/aromatic N) is 2. The van der Waals surface area contributed by atoms with Crippen LogP contribution in [0.5, 0.6) is 17.2 Å². The fourth-order valence-electron chi connectivity index (χ4n) is 2.73. The van der Waals surface area contributed by atoms with Gasteiger partial charge in [0.2, 0.25) is 23.5 Å². The van der Waals surface area contributed by atoms with E-state index in [9.17, 15) is 9.59 Å². The van der Waals surface area contributed by atoms with Crippen molar-refractivity contribution in [2.75, 3.05) is 27.1 Å². The molecule has 1 N–H and O–H groups in total. The number of imide groups is 1. The van der Waals surface area contributed by atoms with Gasteiger partial charge in [-0.05, 0) is 17.7 Å². The minimum absolute atomic E-state index is 0.0442. The molecule has 3 rings (SSSR count). The Bertz CT molecular complexity index is 1030. The molecule has 2 amide bonds. The maximum Gasteiger partial charge on any atom is 0.277 e. The van der Waals surface area contributed by atoms with Crippen LogP contribution < -0.4 is 19.5 Å². The van der Waals surface area contributed by atoms with Crippen molar-refractivity contribution in [1.82, 2.24) is 15.5 Å². The molecule has 0 aliphatic rings. The van der Waals surface area contributed by atoms with E-state index in [-0.39, 0.29) is 29.2 Å². The summed E-state index contributed by atoms with van der Waals surface area (Å²) in [4.78, 5) is 24.0. The van der Waals surface area contributed by atoms with Gasteiger partial charge in [-0.3, -0.25) is 14.9 Å². The van der Waals surface area contributed by atoms with Crippen LogP contribution in [0.3, 0.4) is 0 Å². The zero-order valence-electron chi connectivity index (χ0n) is 17.2. The molecule has 1 heterocycles. The highest BCUT2D eigenvalue weighted by Gasteiger charge is 2.18. The molecule has 10 heteroatoms. The number of carbonyl (C=O) groups excluding carboxylic acids is 2. The SMILES string of the molecule is COc1cc(-c2nnc(SCC(=O)NC(=O)Cc3ccccc3)o2)cc(OC)c1OC. The molecule has 2 aromatic carbocycles. The largest absolute Gasteiger partial charge is 0.493 e. The lowest BCUT2D eigenvalue weighted by Crippen LogP contribution is -2.33. The van der Waals surface area contributed by atoms with E-state index in [1.807, 2.05) is 30.3 Å². The molecule has 0 saturated carbocycles. The molecule has 162 valence electrons. The number of hydrogen-bond acceptors (Lipinski definition) is 9. The third kappa shape index (κ3) is 5.76. The quantitative estimate of drug-likeness (QED) is 0.499. The molecular weight excluding hydrogens is 422 g/mol. The minimum atomic E-state index is -0.446.